The first-order valence-corrected chi connectivity index (χ1v) is 6.95. The molecule has 1 atom stereocenters. The molecule has 1 aromatic rings. The van der Waals surface area contributed by atoms with Crippen LogP contribution in [0, 0.1) is 0 Å². The number of amides is 2. The van der Waals surface area contributed by atoms with Gasteiger partial charge in [0.25, 0.3) is 0 Å². The van der Waals surface area contributed by atoms with Gasteiger partial charge in [-0.05, 0) is 23.4 Å². The maximum atomic E-state index is 11.9. The van der Waals surface area contributed by atoms with Gasteiger partial charge in [-0.3, -0.25) is 0 Å². The third kappa shape index (κ3) is 3.45. The Kier molecular flexibility index (Phi) is 4.39. The van der Waals surface area contributed by atoms with Crippen molar-refractivity contribution in [2.75, 3.05) is 13.1 Å². The Morgan fingerprint density at radius 3 is 3.05 bits per heavy atom. The molecule has 0 fully saturated rings. The summed E-state index contributed by atoms with van der Waals surface area (Å²) < 4.78 is 0. The minimum Gasteiger partial charge on any atom is -0.479 e. The van der Waals surface area contributed by atoms with E-state index in [9.17, 15) is 9.59 Å². The number of carboxylic acids is 1. The molecule has 2 heterocycles. The molecule has 19 heavy (non-hydrogen) atoms. The molecule has 0 bridgehead atoms. The molecule has 2 rings (SSSR count). The van der Waals surface area contributed by atoms with Gasteiger partial charge in [0.1, 0.15) is 0 Å². The maximum absolute atomic E-state index is 11.9. The SMILES string of the molecule is O=C(O)C(O)CCNC(=O)N1CCc2sccc2C1. The molecule has 7 heteroatoms. The molecule has 0 aliphatic carbocycles. The fourth-order valence-electron chi connectivity index (χ4n) is 1.97. The van der Waals surface area contributed by atoms with Gasteiger partial charge in [0.15, 0.2) is 6.10 Å². The summed E-state index contributed by atoms with van der Waals surface area (Å²) in [5.41, 5.74) is 1.18. The number of aliphatic hydroxyl groups excluding tert-OH is 1. The summed E-state index contributed by atoms with van der Waals surface area (Å²) >= 11 is 1.71. The number of fused-ring (bicyclic) bond motifs is 1. The van der Waals surface area contributed by atoms with Crippen LogP contribution in [0.5, 0.6) is 0 Å². The van der Waals surface area contributed by atoms with Crippen molar-refractivity contribution in [2.45, 2.75) is 25.5 Å². The van der Waals surface area contributed by atoms with Crippen LogP contribution >= 0.6 is 11.3 Å². The van der Waals surface area contributed by atoms with Crippen LogP contribution in [0.4, 0.5) is 4.79 Å². The second-order valence-corrected chi connectivity index (χ2v) is 5.42. The third-order valence-corrected chi connectivity index (χ3v) is 4.10. The van der Waals surface area contributed by atoms with Gasteiger partial charge < -0.3 is 20.4 Å². The summed E-state index contributed by atoms with van der Waals surface area (Å²) in [6, 6.07) is 1.81. The number of hydrogen-bond acceptors (Lipinski definition) is 4. The number of carboxylic acid groups (broad SMARTS) is 1. The van der Waals surface area contributed by atoms with E-state index in [-0.39, 0.29) is 19.0 Å². The molecular formula is C12H16N2O4S. The van der Waals surface area contributed by atoms with E-state index in [1.54, 1.807) is 16.2 Å². The molecule has 0 saturated heterocycles. The van der Waals surface area contributed by atoms with Crippen molar-refractivity contribution in [1.82, 2.24) is 10.2 Å². The Hall–Kier alpha value is -1.60. The molecule has 1 aromatic heterocycles. The van der Waals surface area contributed by atoms with Gasteiger partial charge in [0, 0.05) is 30.9 Å². The molecule has 0 saturated carbocycles. The van der Waals surface area contributed by atoms with Gasteiger partial charge >= 0.3 is 12.0 Å². The summed E-state index contributed by atoms with van der Waals surface area (Å²) in [6.07, 6.45) is -0.554. The van der Waals surface area contributed by atoms with E-state index < -0.39 is 12.1 Å². The molecule has 3 N–H and O–H groups in total. The number of hydrogen-bond donors (Lipinski definition) is 3. The smallest absolute Gasteiger partial charge is 0.332 e. The van der Waals surface area contributed by atoms with Gasteiger partial charge in [-0.25, -0.2) is 9.59 Å². The number of nitrogens with one attached hydrogen (secondary N) is 1. The minimum absolute atomic E-state index is 0.0125. The van der Waals surface area contributed by atoms with Crippen LogP contribution in [0.15, 0.2) is 11.4 Å². The summed E-state index contributed by atoms with van der Waals surface area (Å²) in [5, 5.41) is 22.2. The van der Waals surface area contributed by atoms with Crippen molar-refractivity contribution >= 4 is 23.3 Å². The minimum atomic E-state index is -1.43. The Balaban J connectivity index is 1.77. The fraction of sp³-hybridized carbons (Fsp3) is 0.500. The Bertz CT molecular complexity index is 474. The van der Waals surface area contributed by atoms with Crippen LogP contribution in [0.1, 0.15) is 16.9 Å². The lowest BCUT2D eigenvalue weighted by Crippen LogP contribution is -2.43. The molecule has 1 unspecified atom stereocenters. The van der Waals surface area contributed by atoms with Gasteiger partial charge in [0.2, 0.25) is 0 Å². The molecule has 1 aliphatic rings. The van der Waals surface area contributed by atoms with Crippen LogP contribution in [0.3, 0.4) is 0 Å². The van der Waals surface area contributed by atoms with Crippen molar-refractivity contribution in [3.05, 3.63) is 21.9 Å². The second kappa shape index (κ2) is 6.03. The first-order chi connectivity index (χ1) is 9.08. The van der Waals surface area contributed by atoms with Crippen LogP contribution in [0.2, 0.25) is 0 Å². The zero-order valence-electron chi connectivity index (χ0n) is 10.3. The highest BCUT2D eigenvalue weighted by Gasteiger charge is 2.21. The lowest BCUT2D eigenvalue weighted by atomic mass is 10.1. The molecule has 2 amide bonds. The van der Waals surface area contributed by atoms with Crippen LogP contribution in [-0.2, 0) is 17.8 Å². The highest BCUT2D eigenvalue weighted by molar-refractivity contribution is 7.10. The van der Waals surface area contributed by atoms with Gasteiger partial charge in [-0.1, -0.05) is 0 Å². The van der Waals surface area contributed by atoms with E-state index in [1.165, 1.54) is 10.4 Å². The van der Waals surface area contributed by atoms with Crippen molar-refractivity contribution in [2.24, 2.45) is 0 Å². The first-order valence-electron chi connectivity index (χ1n) is 6.07. The van der Waals surface area contributed by atoms with Crippen molar-refractivity contribution in [3.8, 4) is 0 Å². The first kappa shape index (κ1) is 13.8. The average Bonchev–Trinajstić information content (AvgIpc) is 2.85. The van der Waals surface area contributed by atoms with Crippen molar-refractivity contribution in [1.29, 1.82) is 0 Å². The zero-order chi connectivity index (χ0) is 13.8. The molecular weight excluding hydrogens is 268 g/mol. The largest absolute Gasteiger partial charge is 0.479 e. The van der Waals surface area contributed by atoms with Crippen LogP contribution < -0.4 is 5.32 Å². The number of aliphatic hydroxyl groups is 1. The van der Waals surface area contributed by atoms with E-state index in [0.717, 1.165) is 6.42 Å². The van der Waals surface area contributed by atoms with E-state index in [2.05, 4.69) is 5.32 Å². The Morgan fingerprint density at radius 1 is 1.53 bits per heavy atom. The van der Waals surface area contributed by atoms with E-state index >= 15 is 0 Å². The fourth-order valence-corrected chi connectivity index (χ4v) is 2.86. The molecule has 104 valence electrons. The molecule has 1 aliphatic heterocycles. The average molecular weight is 284 g/mol. The van der Waals surface area contributed by atoms with Gasteiger partial charge in [-0.2, -0.15) is 0 Å². The summed E-state index contributed by atoms with van der Waals surface area (Å²) in [6.45, 7) is 1.41. The predicted molar refractivity (Wildman–Crippen MR) is 70.1 cm³/mol. The molecule has 0 radical (unpaired) electrons. The highest BCUT2D eigenvalue weighted by Crippen LogP contribution is 2.23. The van der Waals surface area contributed by atoms with Gasteiger partial charge in [0.05, 0.1) is 0 Å². The number of carbonyl (C=O) groups is 2. The number of thiophene rings is 1. The summed E-state index contributed by atoms with van der Waals surface area (Å²) in [7, 11) is 0. The number of rotatable bonds is 4. The van der Waals surface area contributed by atoms with E-state index in [4.69, 9.17) is 10.2 Å². The van der Waals surface area contributed by atoms with E-state index in [1.807, 2.05) is 11.4 Å². The quantitative estimate of drug-likeness (QED) is 0.757. The normalized spacial score (nSPS) is 15.7. The number of aliphatic carboxylic acids is 1. The topological polar surface area (TPSA) is 89.9 Å². The third-order valence-electron chi connectivity index (χ3n) is 3.07. The summed E-state index contributed by atoms with van der Waals surface area (Å²) in [5.74, 6) is -1.27. The van der Waals surface area contributed by atoms with E-state index in [0.29, 0.717) is 13.1 Å². The standard InChI is InChI=1S/C12H16N2O4S/c15-9(11(16)17)1-4-13-12(18)14-5-2-10-8(7-14)3-6-19-10/h3,6,9,15H,1-2,4-5,7H2,(H,13,18)(H,16,17). The Labute approximate surface area is 114 Å². The number of urea groups is 1. The van der Waals surface area contributed by atoms with Gasteiger partial charge in [-0.15, -0.1) is 11.3 Å². The maximum Gasteiger partial charge on any atom is 0.332 e. The lowest BCUT2D eigenvalue weighted by molar-refractivity contribution is -0.146. The van der Waals surface area contributed by atoms with Crippen molar-refractivity contribution in [3.63, 3.8) is 0 Å². The van der Waals surface area contributed by atoms with Crippen molar-refractivity contribution < 1.29 is 19.8 Å². The summed E-state index contributed by atoms with van der Waals surface area (Å²) in [4.78, 5) is 25.3. The zero-order valence-corrected chi connectivity index (χ0v) is 11.2. The number of carbonyl (C=O) groups excluding carboxylic acids is 1. The monoisotopic (exact) mass is 284 g/mol. The molecule has 0 aromatic carbocycles. The highest BCUT2D eigenvalue weighted by atomic mass is 32.1. The van der Waals surface area contributed by atoms with Crippen LogP contribution in [-0.4, -0.2) is 46.3 Å². The Morgan fingerprint density at radius 2 is 2.32 bits per heavy atom. The molecule has 0 spiro atoms. The molecule has 6 nitrogen and oxygen atoms in total. The van der Waals surface area contributed by atoms with Crippen LogP contribution in [0.25, 0.3) is 0 Å². The number of nitrogens with zero attached hydrogens (tertiary/aromatic N) is 1. The second-order valence-electron chi connectivity index (χ2n) is 4.42. The lowest BCUT2D eigenvalue weighted by Gasteiger charge is -2.27. The predicted octanol–water partition coefficient (Wildman–Crippen LogP) is 0.651.